The molecule has 1 fully saturated rings. The van der Waals surface area contributed by atoms with Gasteiger partial charge in [-0.05, 0) is 50.5 Å². The zero-order valence-electron chi connectivity index (χ0n) is 15.6. The first-order chi connectivity index (χ1) is 13.5. The molecule has 1 aliphatic rings. The highest BCUT2D eigenvalue weighted by molar-refractivity contribution is 6.00. The van der Waals surface area contributed by atoms with E-state index in [2.05, 4.69) is 5.32 Å². The average molecular weight is 383 g/mol. The maximum absolute atomic E-state index is 13.9. The van der Waals surface area contributed by atoms with Crippen molar-refractivity contribution in [2.45, 2.75) is 38.3 Å². The highest BCUT2D eigenvalue weighted by atomic mass is 19.1. The summed E-state index contributed by atoms with van der Waals surface area (Å²) in [6.07, 6.45) is 1.63. The number of amides is 1. The first-order valence-corrected chi connectivity index (χ1v) is 9.49. The summed E-state index contributed by atoms with van der Waals surface area (Å²) in [4.78, 5) is 12.6. The van der Waals surface area contributed by atoms with Crippen LogP contribution < -0.4 is 10.1 Å². The minimum atomic E-state index is -0.375. The molecule has 1 saturated carbocycles. The van der Waals surface area contributed by atoms with Gasteiger partial charge in [-0.15, -0.1) is 0 Å². The Kier molecular flexibility index (Phi) is 5.05. The quantitative estimate of drug-likeness (QED) is 0.690. The van der Waals surface area contributed by atoms with Crippen LogP contribution in [0.3, 0.4) is 0 Å². The fraction of sp³-hybridized carbons (Fsp3) is 0.318. The number of hydrogen-bond donors (Lipinski definition) is 2. The van der Waals surface area contributed by atoms with Gasteiger partial charge in [-0.2, -0.15) is 0 Å². The van der Waals surface area contributed by atoms with Gasteiger partial charge < -0.3 is 19.6 Å². The summed E-state index contributed by atoms with van der Waals surface area (Å²) >= 11 is 0. The summed E-state index contributed by atoms with van der Waals surface area (Å²) in [5.74, 6) is 0.0576. The molecule has 1 amide bonds. The molecule has 0 bridgehead atoms. The van der Waals surface area contributed by atoms with Crippen molar-refractivity contribution in [1.82, 2.24) is 5.32 Å². The van der Waals surface area contributed by atoms with Crippen molar-refractivity contribution >= 4 is 16.9 Å². The zero-order valence-corrected chi connectivity index (χ0v) is 15.6. The number of furan rings is 1. The number of benzene rings is 2. The van der Waals surface area contributed by atoms with Crippen molar-refractivity contribution < 1.29 is 23.4 Å². The molecule has 1 aromatic heterocycles. The molecule has 3 aromatic rings. The van der Waals surface area contributed by atoms with E-state index in [9.17, 15) is 14.3 Å². The van der Waals surface area contributed by atoms with Gasteiger partial charge in [-0.3, -0.25) is 4.79 Å². The zero-order chi connectivity index (χ0) is 19.7. The van der Waals surface area contributed by atoms with Crippen molar-refractivity contribution in [1.29, 1.82) is 0 Å². The Labute approximate surface area is 162 Å². The van der Waals surface area contributed by atoms with Gasteiger partial charge in [0, 0.05) is 22.6 Å². The predicted molar refractivity (Wildman–Crippen MR) is 104 cm³/mol. The van der Waals surface area contributed by atoms with Crippen molar-refractivity contribution in [2.75, 3.05) is 6.61 Å². The summed E-state index contributed by atoms with van der Waals surface area (Å²) in [5, 5.41) is 13.3. The van der Waals surface area contributed by atoms with Crippen LogP contribution in [0.2, 0.25) is 0 Å². The number of para-hydroxylation sites is 1. The number of ether oxygens (including phenoxy) is 1. The third-order valence-corrected chi connectivity index (χ3v) is 5.04. The van der Waals surface area contributed by atoms with E-state index >= 15 is 0 Å². The van der Waals surface area contributed by atoms with Crippen LogP contribution in [0.5, 0.6) is 5.75 Å². The van der Waals surface area contributed by atoms with Crippen LogP contribution in [0.15, 0.2) is 46.9 Å². The SMILES string of the molecule is CCOc1ccc(F)cc1-c1cccc2cc(C(=O)N[C@@H]3CC[C@H](O)C3)oc12. The number of halogens is 1. The fourth-order valence-corrected chi connectivity index (χ4v) is 3.73. The summed E-state index contributed by atoms with van der Waals surface area (Å²) in [6, 6.07) is 11.5. The molecule has 4 rings (SSSR count). The maximum atomic E-state index is 13.9. The van der Waals surface area contributed by atoms with Gasteiger partial charge in [-0.25, -0.2) is 4.39 Å². The highest BCUT2D eigenvalue weighted by Gasteiger charge is 2.26. The van der Waals surface area contributed by atoms with Crippen LogP contribution in [0.25, 0.3) is 22.1 Å². The van der Waals surface area contributed by atoms with E-state index in [1.54, 1.807) is 12.1 Å². The number of aliphatic hydroxyl groups excluding tert-OH is 1. The van der Waals surface area contributed by atoms with Gasteiger partial charge in [0.2, 0.25) is 0 Å². The van der Waals surface area contributed by atoms with Crippen LogP contribution in [0.1, 0.15) is 36.7 Å². The maximum Gasteiger partial charge on any atom is 0.287 e. The molecule has 0 radical (unpaired) electrons. The van der Waals surface area contributed by atoms with E-state index in [4.69, 9.17) is 9.15 Å². The number of rotatable bonds is 5. The molecule has 5 nitrogen and oxygen atoms in total. The van der Waals surface area contributed by atoms with Crippen molar-refractivity contribution in [3.8, 4) is 16.9 Å². The minimum absolute atomic E-state index is 0.0528. The van der Waals surface area contributed by atoms with E-state index in [1.165, 1.54) is 12.1 Å². The monoisotopic (exact) mass is 383 g/mol. The lowest BCUT2D eigenvalue weighted by atomic mass is 10.0. The fourth-order valence-electron chi connectivity index (χ4n) is 3.73. The van der Waals surface area contributed by atoms with Crippen molar-refractivity contribution in [2.24, 2.45) is 0 Å². The highest BCUT2D eigenvalue weighted by Crippen LogP contribution is 2.37. The van der Waals surface area contributed by atoms with Crippen molar-refractivity contribution in [3.05, 3.63) is 54.0 Å². The van der Waals surface area contributed by atoms with Crippen LogP contribution in [-0.2, 0) is 0 Å². The van der Waals surface area contributed by atoms with Crippen LogP contribution >= 0.6 is 0 Å². The lowest BCUT2D eigenvalue weighted by Crippen LogP contribution is -2.32. The molecular weight excluding hydrogens is 361 g/mol. The number of hydrogen-bond acceptors (Lipinski definition) is 4. The number of aliphatic hydroxyl groups is 1. The number of nitrogens with one attached hydrogen (secondary N) is 1. The van der Waals surface area contributed by atoms with Gasteiger partial charge in [0.1, 0.15) is 17.1 Å². The summed E-state index contributed by atoms with van der Waals surface area (Å²) in [5.41, 5.74) is 1.74. The largest absolute Gasteiger partial charge is 0.493 e. The molecule has 1 heterocycles. The summed E-state index contributed by atoms with van der Waals surface area (Å²) in [7, 11) is 0. The molecule has 28 heavy (non-hydrogen) atoms. The summed E-state index contributed by atoms with van der Waals surface area (Å²) < 4.78 is 25.4. The lowest BCUT2D eigenvalue weighted by molar-refractivity contribution is 0.0908. The van der Waals surface area contributed by atoms with Gasteiger partial charge in [-0.1, -0.05) is 18.2 Å². The molecule has 0 saturated heterocycles. The Morgan fingerprint density at radius 2 is 2.11 bits per heavy atom. The minimum Gasteiger partial charge on any atom is -0.493 e. The Balaban J connectivity index is 1.70. The molecule has 1 aliphatic carbocycles. The molecule has 146 valence electrons. The number of carbonyl (C=O) groups excluding carboxylic acids is 1. The number of carbonyl (C=O) groups is 1. The second kappa shape index (κ2) is 7.64. The Morgan fingerprint density at radius 1 is 1.25 bits per heavy atom. The Morgan fingerprint density at radius 3 is 2.86 bits per heavy atom. The lowest BCUT2D eigenvalue weighted by Gasteiger charge is -2.11. The molecule has 0 spiro atoms. The van der Waals surface area contributed by atoms with Crippen LogP contribution in [-0.4, -0.2) is 29.8 Å². The Hall–Kier alpha value is -2.86. The third-order valence-electron chi connectivity index (χ3n) is 5.04. The molecule has 2 aromatic carbocycles. The molecule has 0 aliphatic heterocycles. The first kappa shape index (κ1) is 18.5. The second-order valence-corrected chi connectivity index (χ2v) is 7.05. The average Bonchev–Trinajstić information content (AvgIpc) is 3.29. The second-order valence-electron chi connectivity index (χ2n) is 7.05. The van der Waals surface area contributed by atoms with Gasteiger partial charge in [0.05, 0.1) is 12.7 Å². The van der Waals surface area contributed by atoms with Gasteiger partial charge >= 0.3 is 0 Å². The standard InChI is InChI=1S/C22H22FNO4/c1-2-27-19-9-6-14(23)11-18(19)17-5-3-4-13-10-20(28-21(13)17)22(26)24-15-7-8-16(25)12-15/h3-6,9-11,15-16,25H,2,7-8,12H2,1H3,(H,24,26)/t15-,16+/m1/s1. The van der Waals surface area contributed by atoms with Crippen LogP contribution in [0, 0.1) is 5.82 Å². The summed E-state index contributed by atoms with van der Waals surface area (Å²) in [6.45, 7) is 2.32. The van der Waals surface area contributed by atoms with E-state index in [1.807, 2.05) is 25.1 Å². The predicted octanol–water partition coefficient (Wildman–Crippen LogP) is 4.28. The van der Waals surface area contributed by atoms with Crippen molar-refractivity contribution in [3.63, 3.8) is 0 Å². The van der Waals surface area contributed by atoms with E-state index in [0.717, 1.165) is 11.8 Å². The first-order valence-electron chi connectivity index (χ1n) is 9.49. The van der Waals surface area contributed by atoms with E-state index in [-0.39, 0.29) is 29.6 Å². The molecule has 6 heteroatoms. The number of fused-ring (bicyclic) bond motifs is 1. The van der Waals surface area contributed by atoms with Gasteiger partial charge in [0.15, 0.2) is 5.76 Å². The van der Waals surface area contributed by atoms with Crippen LogP contribution in [0.4, 0.5) is 4.39 Å². The third kappa shape index (κ3) is 3.60. The smallest absolute Gasteiger partial charge is 0.287 e. The topological polar surface area (TPSA) is 71.7 Å². The van der Waals surface area contributed by atoms with E-state index in [0.29, 0.717) is 41.9 Å². The molecular formula is C22H22FNO4. The molecule has 2 atom stereocenters. The Bertz CT molecular complexity index is 1010. The van der Waals surface area contributed by atoms with E-state index < -0.39 is 0 Å². The normalized spacial score (nSPS) is 19.1. The molecule has 2 N–H and O–H groups in total. The van der Waals surface area contributed by atoms with Gasteiger partial charge in [0.25, 0.3) is 5.91 Å². The molecule has 0 unspecified atom stereocenters.